The molecular weight excluding hydrogens is 530 g/mol. The van der Waals surface area contributed by atoms with E-state index < -0.39 is 10.0 Å². The molecule has 4 aromatic carbocycles. The molecule has 2 aliphatic carbocycles. The van der Waals surface area contributed by atoms with Crippen LogP contribution in [0.25, 0.3) is 0 Å². The van der Waals surface area contributed by atoms with Gasteiger partial charge in [-0.15, -0.1) is 0 Å². The molecule has 1 heterocycles. The molecule has 1 amide bonds. The minimum atomic E-state index is -3.74. The van der Waals surface area contributed by atoms with Crippen molar-refractivity contribution in [1.82, 2.24) is 0 Å². The molecule has 0 saturated heterocycles. The number of aryl methyl sites for hydroxylation is 1. The van der Waals surface area contributed by atoms with Gasteiger partial charge in [-0.1, -0.05) is 42.5 Å². The molecule has 2 saturated carbocycles. The third kappa shape index (κ3) is 4.78. The van der Waals surface area contributed by atoms with Crippen molar-refractivity contribution in [3.8, 4) is 0 Å². The number of nitrogens with one attached hydrogen (secondary N) is 3. The number of fused-ring (bicyclic) bond motifs is 7. The van der Waals surface area contributed by atoms with E-state index >= 15 is 0 Å². The fourth-order valence-corrected chi connectivity index (χ4v) is 8.51. The number of sulfonamides is 1. The van der Waals surface area contributed by atoms with E-state index in [1.165, 1.54) is 42.5 Å². The smallest absolute Gasteiger partial charge is 0.261 e. The number of carbonyl (C=O) groups is 1. The summed E-state index contributed by atoms with van der Waals surface area (Å²) >= 11 is 0. The predicted molar refractivity (Wildman–Crippen MR) is 163 cm³/mol. The van der Waals surface area contributed by atoms with E-state index in [-0.39, 0.29) is 10.8 Å². The molecule has 7 rings (SSSR count). The van der Waals surface area contributed by atoms with Crippen LogP contribution in [0.2, 0.25) is 0 Å². The minimum Gasteiger partial charge on any atom is -0.378 e. The monoisotopic (exact) mass is 563 g/mol. The van der Waals surface area contributed by atoms with E-state index in [0.717, 1.165) is 11.3 Å². The molecule has 0 unspecified atom stereocenters. The summed E-state index contributed by atoms with van der Waals surface area (Å²) in [6.07, 6.45) is 3.82. The van der Waals surface area contributed by atoms with Crippen molar-refractivity contribution in [2.24, 2.45) is 17.8 Å². The SMILES string of the molecule is Cc1cccc(NS(=O)(=O)c2ccc(NC(=O)c3ccc4c(c3)[C@@H]3[C@H]5CC[C@@H](C5)[C@@H]3[C@H](c3ccccc3)N4)cc2)c1. The highest BCUT2D eigenvalue weighted by Gasteiger charge is 2.53. The minimum absolute atomic E-state index is 0.132. The van der Waals surface area contributed by atoms with E-state index in [1.54, 1.807) is 24.3 Å². The largest absolute Gasteiger partial charge is 0.378 e. The zero-order valence-corrected chi connectivity index (χ0v) is 23.7. The molecule has 7 heteroatoms. The third-order valence-electron chi connectivity index (χ3n) is 9.20. The quantitative estimate of drug-likeness (QED) is 0.229. The van der Waals surface area contributed by atoms with Gasteiger partial charge in [0, 0.05) is 22.6 Å². The van der Waals surface area contributed by atoms with Crippen molar-refractivity contribution < 1.29 is 13.2 Å². The Bertz CT molecular complexity index is 1720. The summed E-state index contributed by atoms with van der Waals surface area (Å²) in [6.45, 7) is 1.91. The van der Waals surface area contributed by atoms with E-state index in [2.05, 4.69) is 57.8 Å². The first-order chi connectivity index (χ1) is 19.9. The van der Waals surface area contributed by atoms with E-state index in [4.69, 9.17) is 0 Å². The van der Waals surface area contributed by atoms with Gasteiger partial charge in [0.1, 0.15) is 0 Å². The van der Waals surface area contributed by atoms with Crippen LogP contribution in [-0.2, 0) is 10.0 Å². The van der Waals surface area contributed by atoms with Crippen LogP contribution in [0.1, 0.15) is 58.3 Å². The average molecular weight is 564 g/mol. The fourth-order valence-electron chi connectivity index (χ4n) is 7.46. The van der Waals surface area contributed by atoms with Crippen LogP contribution in [0, 0.1) is 24.7 Å². The second-order valence-electron chi connectivity index (χ2n) is 11.7. The van der Waals surface area contributed by atoms with Crippen molar-refractivity contribution in [3.63, 3.8) is 0 Å². The summed E-state index contributed by atoms with van der Waals surface area (Å²) < 4.78 is 28.3. The van der Waals surface area contributed by atoms with E-state index in [9.17, 15) is 13.2 Å². The van der Waals surface area contributed by atoms with Crippen LogP contribution in [0.3, 0.4) is 0 Å². The number of carbonyl (C=O) groups excluding carboxylic acids is 1. The summed E-state index contributed by atoms with van der Waals surface area (Å²) in [4.78, 5) is 13.5. The zero-order chi connectivity index (χ0) is 28.1. The van der Waals surface area contributed by atoms with Gasteiger partial charge in [0.05, 0.1) is 10.9 Å². The molecule has 0 spiro atoms. The molecule has 6 nitrogen and oxygen atoms in total. The lowest BCUT2D eigenvalue weighted by Gasteiger charge is -2.43. The Kier molecular flexibility index (Phi) is 6.35. The summed E-state index contributed by atoms with van der Waals surface area (Å²) in [5.41, 5.74) is 6.35. The molecule has 1 aliphatic heterocycles. The normalized spacial score (nSPS) is 24.2. The molecule has 3 aliphatic rings. The Hall–Kier alpha value is -4.10. The van der Waals surface area contributed by atoms with Crippen molar-refractivity contribution in [1.29, 1.82) is 0 Å². The van der Waals surface area contributed by atoms with E-state index in [0.29, 0.717) is 46.7 Å². The molecule has 5 atom stereocenters. The Balaban J connectivity index is 1.10. The lowest BCUT2D eigenvalue weighted by Crippen LogP contribution is -2.35. The molecule has 41 heavy (non-hydrogen) atoms. The van der Waals surface area contributed by atoms with E-state index in [1.807, 2.05) is 25.1 Å². The molecule has 4 aromatic rings. The molecule has 0 aromatic heterocycles. The maximum atomic E-state index is 13.3. The molecule has 2 fully saturated rings. The second-order valence-corrected chi connectivity index (χ2v) is 13.4. The van der Waals surface area contributed by atoms with Crippen LogP contribution < -0.4 is 15.4 Å². The van der Waals surface area contributed by atoms with Crippen molar-refractivity contribution in [2.45, 2.75) is 43.0 Å². The first-order valence-electron chi connectivity index (χ1n) is 14.3. The van der Waals surface area contributed by atoms with Crippen LogP contribution >= 0.6 is 0 Å². The first-order valence-corrected chi connectivity index (χ1v) is 15.8. The summed E-state index contributed by atoms with van der Waals surface area (Å²) in [7, 11) is -3.74. The molecule has 0 radical (unpaired) electrons. The van der Waals surface area contributed by atoms with Crippen LogP contribution in [0.5, 0.6) is 0 Å². The van der Waals surface area contributed by atoms with Gasteiger partial charge in [-0.3, -0.25) is 9.52 Å². The number of anilines is 3. The van der Waals surface area contributed by atoms with Crippen molar-refractivity contribution >= 4 is 33.0 Å². The lowest BCUT2D eigenvalue weighted by atomic mass is 9.68. The van der Waals surface area contributed by atoms with Crippen LogP contribution in [0.4, 0.5) is 17.1 Å². The van der Waals surface area contributed by atoms with Gasteiger partial charge in [0.15, 0.2) is 0 Å². The van der Waals surface area contributed by atoms with Gasteiger partial charge < -0.3 is 10.6 Å². The molecule has 208 valence electrons. The number of amides is 1. The molecule has 2 bridgehead atoms. The maximum Gasteiger partial charge on any atom is 0.261 e. The Labute approximate surface area is 241 Å². The Morgan fingerprint density at radius 3 is 2.39 bits per heavy atom. The second kappa shape index (κ2) is 10.1. The molecule has 3 N–H and O–H groups in total. The van der Waals surface area contributed by atoms with Gasteiger partial charge in [-0.25, -0.2) is 8.42 Å². The van der Waals surface area contributed by atoms with Gasteiger partial charge in [-0.05, 0) is 121 Å². The summed E-state index contributed by atoms with van der Waals surface area (Å²) in [5, 5.41) is 6.79. The lowest BCUT2D eigenvalue weighted by molar-refractivity contribution is 0.102. The van der Waals surface area contributed by atoms with Crippen LogP contribution in [0.15, 0.2) is 102 Å². The highest BCUT2D eigenvalue weighted by Crippen LogP contribution is 2.63. The Morgan fingerprint density at radius 1 is 0.829 bits per heavy atom. The zero-order valence-electron chi connectivity index (χ0n) is 22.9. The summed E-state index contributed by atoms with van der Waals surface area (Å²) in [5.74, 6) is 2.16. The van der Waals surface area contributed by atoms with Gasteiger partial charge in [0.2, 0.25) is 0 Å². The summed E-state index contributed by atoms with van der Waals surface area (Å²) in [6, 6.07) is 30.5. The average Bonchev–Trinajstić information content (AvgIpc) is 3.60. The number of hydrogen-bond donors (Lipinski definition) is 3. The highest BCUT2D eigenvalue weighted by molar-refractivity contribution is 7.92. The Morgan fingerprint density at radius 2 is 1.61 bits per heavy atom. The highest BCUT2D eigenvalue weighted by atomic mass is 32.2. The number of hydrogen-bond acceptors (Lipinski definition) is 4. The van der Waals surface area contributed by atoms with Crippen molar-refractivity contribution in [2.75, 3.05) is 15.4 Å². The topological polar surface area (TPSA) is 87.3 Å². The number of rotatable bonds is 6. The predicted octanol–water partition coefficient (Wildman–Crippen LogP) is 7.34. The van der Waals surface area contributed by atoms with Gasteiger partial charge in [-0.2, -0.15) is 0 Å². The van der Waals surface area contributed by atoms with Gasteiger partial charge >= 0.3 is 0 Å². The molecular formula is C34H33N3O3S. The standard InChI is InChI=1S/C34H33N3O3S/c1-21-6-5-9-27(18-21)37-41(39,40)28-15-13-26(14-16-28)35-34(38)25-12-17-30-29(20-25)31-23-10-11-24(19-23)32(31)33(36-30)22-7-3-2-4-8-22/h2-9,12-18,20,23-24,31-33,36-37H,10-11,19H2,1H3,(H,35,38)/t23-,24-,31-,32-,33-/m0/s1. The van der Waals surface area contributed by atoms with Crippen LogP contribution in [-0.4, -0.2) is 14.3 Å². The van der Waals surface area contributed by atoms with Crippen molar-refractivity contribution in [3.05, 3.63) is 119 Å². The van der Waals surface area contributed by atoms with Gasteiger partial charge in [0.25, 0.3) is 15.9 Å². The third-order valence-corrected chi connectivity index (χ3v) is 10.6. The maximum absolute atomic E-state index is 13.3. The first kappa shape index (κ1) is 25.8. The fraction of sp³-hybridized carbons (Fsp3) is 0.265. The number of benzene rings is 4.